The van der Waals surface area contributed by atoms with Crippen LogP contribution in [0.4, 0.5) is 0 Å². The van der Waals surface area contributed by atoms with Crippen molar-refractivity contribution in [2.75, 3.05) is 0 Å². The molecular weight excluding hydrogens is 256 g/mol. The lowest BCUT2D eigenvalue weighted by molar-refractivity contribution is 0.0842. The lowest BCUT2D eigenvalue weighted by atomic mass is 9.83. The molecule has 4 heteroatoms. The Morgan fingerprint density at radius 2 is 1.00 bits per heavy atom. The highest BCUT2D eigenvalue weighted by molar-refractivity contribution is 6.06. The molecule has 0 spiro atoms. The van der Waals surface area contributed by atoms with E-state index < -0.39 is 10.8 Å². The first-order chi connectivity index (χ1) is 8.85. The minimum absolute atomic E-state index is 0.0282. The Morgan fingerprint density at radius 1 is 0.750 bits per heavy atom. The summed E-state index contributed by atoms with van der Waals surface area (Å²) in [5.74, 6) is -1.15. The fourth-order valence-corrected chi connectivity index (χ4v) is 1.75. The first-order valence-electron chi connectivity index (χ1n) is 6.51. The van der Waals surface area contributed by atoms with Crippen molar-refractivity contribution in [1.29, 1.82) is 0 Å². The van der Waals surface area contributed by atoms with Gasteiger partial charge in [0, 0.05) is 10.8 Å². The maximum absolute atomic E-state index is 12.2. The maximum Gasteiger partial charge on any atom is 0.172 e. The van der Waals surface area contributed by atoms with Crippen molar-refractivity contribution in [2.24, 2.45) is 10.8 Å². The molecule has 0 aliphatic carbocycles. The highest BCUT2D eigenvalue weighted by Gasteiger charge is 2.30. The first-order valence-corrected chi connectivity index (χ1v) is 6.51. The molecule has 4 nitrogen and oxygen atoms in total. The fraction of sp³-hybridized carbons (Fsp3) is 0.500. The maximum atomic E-state index is 12.2. The van der Waals surface area contributed by atoms with Crippen molar-refractivity contribution in [1.82, 2.24) is 0 Å². The lowest BCUT2D eigenvalue weighted by Crippen LogP contribution is -2.22. The minimum atomic E-state index is -0.681. The van der Waals surface area contributed by atoms with Gasteiger partial charge in [0.1, 0.15) is 11.5 Å². The predicted octanol–water partition coefficient (Wildman–Crippen LogP) is 3.56. The number of aromatic hydroxyl groups is 2. The van der Waals surface area contributed by atoms with Gasteiger partial charge < -0.3 is 10.2 Å². The van der Waals surface area contributed by atoms with E-state index in [-0.39, 0.29) is 34.2 Å². The van der Waals surface area contributed by atoms with E-state index in [1.807, 2.05) is 0 Å². The van der Waals surface area contributed by atoms with Gasteiger partial charge in [-0.3, -0.25) is 9.59 Å². The van der Waals surface area contributed by atoms with Crippen LogP contribution in [-0.4, -0.2) is 21.8 Å². The van der Waals surface area contributed by atoms with Crippen molar-refractivity contribution in [3.63, 3.8) is 0 Å². The zero-order chi connectivity index (χ0) is 15.9. The van der Waals surface area contributed by atoms with Crippen LogP contribution in [0.1, 0.15) is 62.3 Å². The van der Waals surface area contributed by atoms with Gasteiger partial charge in [0.25, 0.3) is 0 Å². The van der Waals surface area contributed by atoms with Crippen molar-refractivity contribution in [2.45, 2.75) is 41.5 Å². The van der Waals surface area contributed by atoms with Crippen LogP contribution >= 0.6 is 0 Å². The second kappa shape index (κ2) is 4.93. The third-order valence-corrected chi connectivity index (χ3v) is 2.97. The van der Waals surface area contributed by atoms with Crippen LogP contribution in [0, 0.1) is 10.8 Å². The Hall–Kier alpha value is -1.84. The Morgan fingerprint density at radius 3 is 1.20 bits per heavy atom. The molecule has 20 heavy (non-hydrogen) atoms. The van der Waals surface area contributed by atoms with E-state index in [1.165, 1.54) is 12.1 Å². The summed E-state index contributed by atoms with van der Waals surface area (Å²) in [5, 5.41) is 20.0. The summed E-state index contributed by atoms with van der Waals surface area (Å²) < 4.78 is 0. The molecule has 0 amide bonds. The highest BCUT2D eigenvalue weighted by Crippen LogP contribution is 2.35. The molecule has 1 aromatic rings. The van der Waals surface area contributed by atoms with Crippen molar-refractivity contribution in [3.05, 3.63) is 23.3 Å². The van der Waals surface area contributed by atoms with E-state index in [0.717, 1.165) is 0 Å². The van der Waals surface area contributed by atoms with Crippen molar-refractivity contribution >= 4 is 11.6 Å². The second-order valence-electron chi connectivity index (χ2n) is 7.04. The third-order valence-electron chi connectivity index (χ3n) is 2.97. The molecule has 0 heterocycles. The third kappa shape index (κ3) is 3.18. The zero-order valence-electron chi connectivity index (χ0n) is 12.9. The first kappa shape index (κ1) is 16.2. The average Bonchev–Trinajstić information content (AvgIpc) is 2.27. The Bertz CT molecular complexity index is 505. The van der Waals surface area contributed by atoms with E-state index in [2.05, 4.69) is 0 Å². The number of phenolic OH excluding ortho intramolecular Hbond substituents is 2. The summed E-state index contributed by atoms with van der Waals surface area (Å²) in [7, 11) is 0. The number of benzene rings is 1. The van der Waals surface area contributed by atoms with Crippen LogP contribution in [0.25, 0.3) is 0 Å². The number of hydrogen-bond acceptors (Lipinski definition) is 4. The average molecular weight is 278 g/mol. The van der Waals surface area contributed by atoms with E-state index in [9.17, 15) is 19.8 Å². The van der Waals surface area contributed by atoms with Crippen LogP contribution in [0.2, 0.25) is 0 Å². The zero-order valence-corrected chi connectivity index (χ0v) is 12.9. The second-order valence-corrected chi connectivity index (χ2v) is 7.04. The molecule has 1 aromatic carbocycles. The number of carbonyl (C=O) groups is 2. The van der Waals surface area contributed by atoms with Crippen LogP contribution < -0.4 is 0 Å². The topological polar surface area (TPSA) is 74.6 Å². The summed E-state index contributed by atoms with van der Waals surface area (Å²) in [6.07, 6.45) is 0. The van der Waals surface area contributed by atoms with Gasteiger partial charge in [0.2, 0.25) is 0 Å². The molecule has 0 saturated heterocycles. The summed E-state index contributed by atoms with van der Waals surface area (Å²) in [4.78, 5) is 24.3. The standard InChI is InChI=1S/C16H22O4/c1-15(2,3)13(19)9-7-12(18)10(8-11(9)17)14(20)16(4,5)6/h7-8,17-18H,1-6H3. The van der Waals surface area contributed by atoms with Crippen LogP contribution in [0.15, 0.2) is 12.1 Å². The normalized spacial score (nSPS) is 12.3. The number of hydrogen-bond donors (Lipinski definition) is 2. The smallest absolute Gasteiger partial charge is 0.172 e. The van der Waals surface area contributed by atoms with E-state index >= 15 is 0 Å². The van der Waals surface area contributed by atoms with Crippen LogP contribution in [-0.2, 0) is 0 Å². The largest absolute Gasteiger partial charge is 0.507 e. The predicted molar refractivity (Wildman–Crippen MR) is 77.3 cm³/mol. The number of Topliss-reactive ketones (excluding diaryl/α,β-unsaturated/α-hetero) is 2. The van der Waals surface area contributed by atoms with Gasteiger partial charge in [0.05, 0.1) is 11.1 Å². The molecular formula is C16H22O4. The molecule has 0 fully saturated rings. The molecule has 0 aromatic heterocycles. The van der Waals surface area contributed by atoms with Crippen molar-refractivity contribution < 1.29 is 19.8 Å². The van der Waals surface area contributed by atoms with E-state index in [1.54, 1.807) is 41.5 Å². The van der Waals surface area contributed by atoms with Gasteiger partial charge in [-0.15, -0.1) is 0 Å². The molecule has 0 atom stereocenters. The Labute approximate surface area is 119 Å². The Balaban J connectivity index is 3.37. The van der Waals surface area contributed by atoms with Gasteiger partial charge in [0.15, 0.2) is 11.6 Å². The molecule has 110 valence electrons. The van der Waals surface area contributed by atoms with Crippen LogP contribution in [0.3, 0.4) is 0 Å². The van der Waals surface area contributed by atoms with E-state index in [0.29, 0.717) is 0 Å². The van der Waals surface area contributed by atoms with Crippen molar-refractivity contribution in [3.8, 4) is 11.5 Å². The monoisotopic (exact) mass is 278 g/mol. The molecule has 1 rings (SSSR count). The molecule has 0 radical (unpaired) electrons. The van der Waals surface area contributed by atoms with Crippen LogP contribution in [0.5, 0.6) is 11.5 Å². The molecule has 0 saturated carbocycles. The number of phenols is 2. The van der Waals surface area contributed by atoms with Gasteiger partial charge in [-0.1, -0.05) is 41.5 Å². The Kier molecular flexibility index (Phi) is 3.99. The highest BCUT2D eigenvalue weighted by atomic mass is 16.3. The summed E-state index contributed by atoms with van der Waals surface area (Å²) in [5.41, 5.74) is -1.31. The summed E-state index contributed by atoms with van der Waals surface area (Å²) >= 11 is 0. The minimum Gasteiger partial charge on any atom is -0.507 e. The fourth-order valence-electron chi connectivity index (χ4n) is 1.75. The molecule has 0 bridgehead atoms. The number of carbonyl (C=O) groups excluding carboxylic acids is 2. The summed E-state index contributed by atoms with van der Waals surface area (Å²) in [6.45, 7) is 10.3. The van der Waals surface area contributed by atoms with Gasteiger partial charge in [-0.05, 0) is 12.1 Å². The lowest BCUT2D eigenvalue weighted by Gasteiger charge is -2.20. The van der Waals surface area contributed by atoms with Gasteiger partial charge in [-0.25, -0.2) is 0 Å². The quantitative estimate of drug-likeness (QED) is 0.640. The molecule has 2 N–H and O–H groups in total. The molecule has 0 aliphatic heterocycles. The summed E-state index contributed by atoms with van der Waals surface area (Å²) in [6, 6.07) is 2.34. The number of ketones is 2. The van der Waals surface area contributed by atoms with E-state index in [4.69, 9.17) is 0 Å². The van der Waals surface area contributed by atoms with Gasteiger partial charge in [-0.2, -0.15) is 0 Å². The molecule has 0 aliphatic rings. The molecule has 0 unspecified atom stereocenters. The SMILES string of the molecule is CC(C)(C)C(=O)c1cc(O)c(C(=O)C(C)(C)C)cc1O. The number of rotatable bonds is 2. The van der Waals surface area contributed by atoms with Gasteiger partial charge >= 0.3 is 0 Å².